The molecule has 0 aliphatic carbocycles. The number of phenolic OH excluding ortho intramolecular Hbond substituents is 1. The van der Waals surface area contributed by atoms with Crippen LogP contribution in [0.15, 0.2) is 36.5 Å². The number of aldehydes is 1. The largest absolute Gasteiger partial charge is 0.504 e. The summed E-state index contributed by atoms with van der Waals surface area (Å²) in [4.78, 5) is 17.4. The molecular weight excluding hydrogens is 362 g/mol. The van der Waals surface area contributed by atoms with Crippen LogP contribution < -0.4 is 10.1 Å². The molecule has 7 heteroatoms. The Hall–Kier alpha value is -2.77. The molecule has 6 nitrogen and oxygen atoms in total. The van der Waals surface area contributed by atoms with Crippen LogP contribution in [-0.2, 0) is 4.79 Å². The van der Waals surface area contributed by atoms with E-state index >= 15 is 0 Å². The number of carbonyl (C=O) groups is 1. The third-order valence-corrected chi connectivity index (χ3v) is 4.52. The standard InChI is InChI=1S/C18H19N3O2S.C2H4O/c1-11(19-3)4-5-13-6-7-18(20-10-13)23-16-9-17-14(8-15(16)22)21-12(2)24-17;1-2-3/h4-11,19,22H,1-3H3;2H,1H3/b5-4+;. The number of aromatic hydroxyl groups is 1. The van der Waals surface area contributed by atoms with E-state index in [1.165, 1.54) is 6.92 Å². The molecule has 1 aromatic carbocycles. The molecule has 3 rings (SSSR count). The van der Waals surface area contributed by atoms with Crippen LogP contribution in [0.5, 0.6) is 17.4 Å². The van der Waals surface area contributed by atoms with Gasteiger partial charge < -0.3 is 20.0 Å². The number of hydrogen-bond acceptors (Lipinski definition) is 7. The predicted molar refractivity (Wildman–Crippen MR) is 110 cm³/mol. The first-order valence-corrected chi connectivity index (χ1v) is 9.27. The molecule has 0 fully saturated rings. The fourth-order valence-corrected chi connectivity index (χ4v) is 2.99. The first-order valence-electron chi connectivity index (χ1n) is 8.46. The zero-order valence-corrected chi connectivity index (χ0v) is 16.6. The Labute approximate surface area is 162 Å². The summed E-state index contributed by atoms with van der Waals surface area (Å²) in [6.45, 7) is 5.45. The summed E-state index contributed by atoms with van der Waals surface area (Å²) in [5.41, 5.74) is 1.76. The normalized spacial score (nSPS) is 11.9. The van der Waals surface area contributed by atoms with E-state index in [4.69, 9.17) is 9.53 Å². The van der Waals surface area contributed by atoms with E-state index in [0.29, 0.717) is 17.7 Å². The number of hydrogen-bond donors (Lipinski definition) is 2. The number of carbonyl (C=O) groups excluding carboxylic acids is 1. The van der Waals surface area contributed by atoms with Crippen LogP contribution in [0.1, 0.15) is 24.4 Å². The summed E-state index contributed by atoms with van der Waals surface area (Å²) in [5.74, 6) is 0.872. The summed E-state index contributed by atoms with van der Waals surface area (Å²) in [5, 5.41) is 14.2. The van der Waals surface area contributed by atoms with E-state index in [1.54, 1.807) is 35.7 Å². The molecule has 0 bridgehead atoms. The van der Waals surface area contributed by atoms with Crippen molar-refractivity contribution in [2.24, 2.45) is 0 Å². The average Bonchev–Trinajstić information content (AvgIpc) is 3.00. The minimum Gasteiger partial charge on any atom is -0.504 e. The maximum atomic E-state index is 10.1. The lowest BCUT2D eigenvalue weighted by molar-refractivity contribution is -0.106. The minimum absolute atomic E-state index is 0.0569. The number of aryl methyl sites for hydroxylation is 1. The smallest absolute Gasteiger partial charge is 0.219 e. The van der Waals surface area contributed by atoms with Crippen LogP contribution in [-0.4, -0.2) is 34.5 Å². The summed E-state index contributed by atoms with van der Waals surface area (Å²) >= 11 is 1.56. The molecule has 0 saturated heterocycles. The summed E-state index contributed by atoms with van der Waals surface area (Å²) < 4.78 is 6.68. The van der Waals surface area contributed by atoms with Crippen LogP contribution in [0.4, 0.5) is 0 Å². The second-order valence-electron chi connectivity index (χ2n) is 5.72. The summed E-state index contributed by atoms with van der Waals surface area (Å²) in [7, 11) is 1.91. The van der Waals surface area contributed by atoms with E-state index in [9.17, 15) is 5.11 Å². The zero-order chi connectivity index (χ0) is 19.8. The van der Waals surface area contributed by atoms with Crippen molar-refractivity contribution in [2.45, 2.75) is 26.8 Å². The molecule has 0 radical (unpaired) electrons. The van der Waals surface area contributed by atoms with E-state index in [1.807, 2.05) is 26.1 Å². The molecule has 2 aromatic heterocycles. The lowest BCUT2D eigenvalue weighted by Gasteiger charge is -2.07. The SMILES string of the molecule is CC=O.CNC(C)/C=C/c1ccc(Oc2cc3sc(C)nc3cc2O)nc1. The molecule has 2 N–H and O–H groups in total. The summed E-state index contributed by atoms with van der Waals surface area (Å²) in [6, 6.07) is 7.41. The monoisotopic (exact) mass is 385 g/mol. The van der Waals surface area contributed by atoms with Gasteiger partial charge in [0, 0.05) is 30.4 Å². The quantitative estimate of drug-likeness (QED) is 0.636. The molecule has 2 heterocycles. The highest BCUT2D eigenvalue weighted by Gasteiger charge is 2.10. The minimum atomic E-state index is 0.0569. The van der Waals surface area contributed by atoms with Crippen LogP contribution in [0.2, 0.25) is 0 Å². The van der Waals surface area contributed by atoms with Gasteiger partial charge in [-0.3, -0.25) is 0 Å². The van der Waals surface area contributed by atoms with Crippen molar-refractivity contribution in [1.82, 2.24) is 15.3 Å². The molecule has 3 aromatic rings. The average molecular weight is 385 g/mol. The topological polar surface area (TPSA) is 84.3 Å². The highest BCUT2D eigenvalue weighted by atomic mass is 32.1. The molecular formula is C20H23N3O3S. The van der Waals surface area contributed by atoms with Crippen molar-refractivity contribution < 1.29 is 14.6 Å². The molecule has 1 unspecified atom stereocenters. The van der Waals surface area contributed by atoms with Gasteiger partial charge in [-0.1, -0.05) is 12.2 Å². The fraction of sp³-hybridized carbons (Fsp3) is 0.250. The Balaban J connectivity index is 0.000000817. The van der Waals surface area contributed by atoms with Gasteiger partial charge in [-0.25, -0.2) is 9.97 Å². The van der Waals surface area contributed by atoms with Gasteiger partial charge in [0.25, 0.3) is 0 Å². The lowest BCUT2D eigenvalue weighted by atomic mass is 10.2. The van der Waals surface area contributed by atoms with Gasteiger partial charge in [0.05, 0.1) is 15.2 Å². The highest BCUT2D eigenvalue weighted by molar-refractivity contribution is 7.18. The van der Waals surface area contributed by atoms with E-state index in [0.717, 1.165) is 27.1 Å². The van der Waals surface area contributed by atoms with Crippen LogP contribution in [0.3, 0.4) is 0 Å². The number of nitrogens with zero attached hydrogens (tertiary/aromatic N) is 2. The number of likely N-dealkylation sites (N-methyl/N-ethyl adjacent to an activating group) is 1. The number of nitrogens with one attached hydrogen (secondary N) is 1. The maximum absolute atomic E-state index is 10.1. The van der Waals surface area contributed by atoms with Gasteiger partial charge in [-0.15, -0.1) is 11.3 Å². The van der Waals surface area contributed by atoms with Gasteiger partial charge in [0.1, 0.15) is 6.29 Å². The van der Waals surface area contributed by atoms with E-state index < -0.39 is 0 Å². The Morgan fingerprint density at radius 1 is 1.33 bits per heavy atom. The van der Waals surface area contributed by atoms with E-state index in [-0.39, 0.29) is 5.75 Å². The molecule has 1 atom stereocenters. The molecule has 0 spiro atoms. The van der Waals surface area contributed by atoms with Crippen molar-refractivity contribution >= 4 is 33.9 Å². The number of fused-ring (bicyclic) bond motifs is 1. The zero-order valence-electron chi connectivity index (χ0n) is 15.8. The summed E-state index contributed by atoms with van der Waals surface area (Å²) in [6.07, 6.45) is 6.55. The lowest BCUT2D eigenvalue weighted by Crippen LogP contribution is -2.17. The van der Waals surface area contributed by atoms with Crippen molar-refractivity contribution in [3.05, 3.63) is 47.1 Å². The number of pyridine rings is 1. The number of thiazole rings is 1. The van der Waals surface area contributed by atoms with Crippen molar-refractivity contribution in [2.75, 3.05) is 7.05 Å². The van der Waals surface area contributed by atoms with Gasteiger partial charge in [0.15, 0.2) is 11.5 Å². The van der Waals surface area contributed by atoms with Crippen LogP contribution in [0.25, 0.3) is 16.3 Å². The molecule has 0 saturated carbocycles. The molecule has 0 aliphatic heterocycles. The fourth-order valence-electron chi connectivity index (χ4n) is 2.16. The second-order valence-corrected chi connectivity index (χ2v) is 6.96. The number of rotatable bonds is 5. The molecule has 142 valence electrons. The Bertz CT molecular complexity index is 920. The number of phenols is 1. The van der Waals surface area contributed by atoms with Gasteiger partial charge in [-0.05, 0) is 39.4 Å². The molecule has 0 aliphatic rings. The van der Waals surface area contributed by atoms with Crippen molar-refractivity contribution in [1.29, 1.82) is 0 Å². The Kier molecular flexibility index (Phi) is 7.45. The number of benzene rings is 1. The van der Waals surface area contributed by atoms with E-state index in [2.05, 4.69) is 28.3 Å². The second kappa shape index (κ2) is 9.80. The van der Waals surface area contributed by atoms with Gasteiger partial charge >= 0.3 is 0 Å². The number of ether oxygens (including phenoxy) is 1. The predicted octanol–water partition coefficient (Wildman–Crippen LogP) is 4.32. The van der Waals surface area contributed by atoms with Crippen molar-refractivity contribution in [3.63, 3.8) is 0 Å². The Morgan fingerprint density at radius 3 is 2.70 bits per heavy atom. The van der Waals surface area contributed by atoms with Crippen molar-refractivity contribution in [3.8, 4) is 17.4 Å². The third-order valence-electron chi connectivity index (χ3n) is 3.58. The first kappa shape index (κ1) is 20.5. The maximum Gasteiger partial charge on any atom is 0.219 e. The van der Waals surface area contributed by atoms with Crippen LogP contribution in [0, 0.1) is 6.92 Å². The first-order chi connectivity index (χ1) is 13.0. The van der Waals surface area contributed by atoms with Gasteiger partial charge in [-0.2, -0.15) is 0 Å². The Morgan fingerprint density at radius 2 is 2.07 bits per heavy atom. The van der Waals surface area contributed by atoms with Crippen LogP contribution >= 0.6 is 11.3 Å². The molecule has 27 heavy (non-hydrogen) atoms. The third kappa shape index (κ3) is 5.87. The van der Waals surface area contributed by atoms with Gasteiger partial charge in [0.2, 0.25) is 5.88 Å². The highest BCUT2D eigenvalue weighted by Crippen LogP contribution is 2.36. The molecule has 0 amide bonds. The number of aromatic nitrogens is 2.